The predicted molar refractivity (Wildman–Crippen MR) is 155 cm³/mol. The van der Waals surface area contributed by atoms with Gasteiger partial charge in [0.15, 0.2) is 0 Å². The van der Waals surface area contributed by atoms with Gasteiger partial charge in [0.2, 0.25) is 0 Å². The van der Waals surface area contributed by atoms with Crippen LogP contribution in [0.15, 0.2) is 103 Å². The smallest absolute Gasteiger partial charge is 0.000332 e. The molecule has 1 unspecified atom stereocenters. The van der Waals surface area contributed by atoms with Crippen molar-refractivity contribution in [3.05, 3.63) is 120 Å². The average molecular weight is 484 g/mol. The van der Waals surface area contributed by atoms with E-state index in [2.05, 4.69) is 129 Å². The van der Waals surface area contributed by atoms with Crippen LogP contribution >= 0.6 is 15.8 Å². The molecule has 0 amide bonds. The zero-order valence-corrected chi connectivity index (χ0v) is 22.3. The van der Waals surface area contributed by atoms with E-state index in [1.165, 1.54) is 37.9 Å². The van der Waals surface area contributed by atoms with Crippen LogP contribution in [0.3, 0.4) is 0 Å². The zero-order chi connectivity index (χ0) is 23.8. The van der Waals surface area contributed by atoms with Gasteiger partial charge in [-0.25, -0.2) is 0 Å². The molecule has 4 rings (SSSR count). The van der Waals surface area contributed by atoms with Gasteiger partial charge in [-0.1, -0.05) is 120 Å². The summed E-state index contributed by atoms with van der Waals surface area (Å²) >= 11 is 0. The Morgan fingerprint density at radius 3 is 1.12 bits per heavy atom. The van der Waals surface area contributed by atoms with Crippen LogP contribution in [0.1, 0.15) is 16.7 Å². The maximum absolute atomic E-state index is 3.79. The Balaban J connectivity index is 1.40. The van der Waals surface area contributed by atoms with E-state index in [1.807, 2.05) is 0 Å². The summed E-state index contributed by atoms with van der Waals surface area (Å²) in [4.78, 5) is 0. The summed E-state index contributed by atoms with van der Waals surface area (Å²) in [5.41, 5.74) is 3.97. The lowest BCUT2D eigenvalue weighted by Crippen LogP contribution is -2.27. The summed E-state index contributed by atoms with van der Waals surface area (Å²) < 4.78 is 0. The van der Waals surface area contributed by atoms with Gasteiger partial charge in [0, 0.05) is 0 Å². The fourth-order valence-corrected chi connectivity index (χ4v) is 8.55. The normalized spacial score (nSPS) is 12.1. The van der Waals surface area contributed by atoms with E-state index in [9.17, 15) is 0 Å². The molecule has 0 radical (unpaired) electrons. The van der Waals surface area contributed by atoms with E-state index in [0.717, 1.165) is 25.4 Å². The van der Waals surface area contributed by atoms with Crippen molar-refractivity contribution >= 4 is 37.1 Å². The monoisotopic (exact) mass is 483 g/mol. The molecule has 1 atom stereocenters. The molecule has 0 spiro atoms. The highest BCUT2D eigenvalue weighted by Crippen LogP contribution is 2.34. The Morgan fingerprint density at radius 1 is 0.441 bits per heavy atom. The minimum absolute atomic E-state index is 0.347. The first-order valence-corrected chi connectivity index (χ1v) is 15.2. The van der Waals surface area contributed by atoms with Gasteiger partial charge in [-0.2, -0.15) is 0 Å². The highest BCUT2D eigenvalue weighted by atomic mass is 31.1. The molecule has 3 heteroatoms. The first-order chi connectivity index (χ1) is 16.6. The predicted octanol–water partition coefficient (Wildman–Crippen LogP) is 5.77. The fraction of sp³-hybridized carbons (Fsp3) is 0.226. The van der Waals surface area contributed by atoms with Gasteiger partial charge in [0.25, 0.3) is 0 Å². The van der Waals surface area contributed by atoms with E-state index < -0.39 is 0 Å². The maximum atomic E-state index is 3.79. The Hall–Kier alpha value is -2.30. The minimum atomic E-state index is -0.356. The van der Waals surface area contributed by atoms with Crippen LogP contribution in [0.25, 0.3) is 0 Å². The average Bonchev–Trinajstić information content (AvgIpc) is 2.87. The van der Waals surface area contributed by atoms with Crippen molar-refractivity contribution in [3.8, 4) is 0 Å². The van der Waals surface area contributed by atoms with Crippen molar-refractivity contribution in [1.29, 1.82) is 0 Å². The Bertz CT molecular complexity index is 1090. The Morgan fingerprint density at radius 2 is 0.765 bits per heavy atom. The molecule has 1 N–H and O–H groups in total. The molecule has 0 aliphatic carbocycles. The van der Waals surface area contributed by atoms with E-state index in [0.29, 0.717) is 0 Å². The SMILES string of the molecule is Cc1ccc(P(CCNCCP(c2ccc(C)cc2)c2ccc(C)cc2)c2ccccc2)cc1. The molecule has 0 heterocycles. The molecule has 1 nitrogen and oxygen atoms in total. The van der Waals surface area contributed by atoms with Crippen LogP contribution in [0.2, 0.25) is 0 Å². The zero-order valence-electron chi connectivity index (χ0n) is 20.5. The molecule has 0 aromatic heterocycles. The van der Waals surface area contributed by atoms with Crippen LogP contribution in [0.5, 0.6) is 0 Å². The van der Waals surface area contributed by atoms with E-state index in [-0.39, 0.29) is 15.8 Å². The number of benzene rings is 4. The third kappa shape index (κ3) is 6.86. The lowest BCUT2D eigenvalue weighted by molar-refractivity contribution is 0.771. The molecule has 0 aliphatic rings. The summed E-state index contributed by atoms with van der Waals surface area (Å²) in [6, 6.07) is 38.5. The summed E-state index contributed by atoms with van der Waals surface area (Å²) in [5, 5.41) is 9.66. The van der Waals surface area contributed by atoms with Crippen LogP contribution in [0.4, 0.5) is 0 Å². The number of hydrogen-bond donors (Lipinski definition) is 1. The molecule has 0 bridgehead atoms. The van der Waals surface area contributed by atoms with Crippen molar-refractivity contribution in [2.45, 2.75) is 20.8 Å². The van der Waals surface area contributed by atoms with Gasteiger partial charge in [0.05, 0.1) is 0 Å². The number of rotatable bonds is 10. The van der Waals surface area contributed by atoms with Gasteiger partial charge in [-0.3, -0.25) is 0 Å². The lowest BCUT2D eigenvalue weighted by atomic mass is 10.2. The van der Waals surface area contributed by atoms with Crippen molar-refractivity contribution < 1.29 is 0 Å². The van der Waals surface area contributed by atoms with Gasteiger partial charge in [-0.15, -0.1) is 0 Å². The lowest BCUT2D eigenvalue weighted by Gasteiger charge is -2.21. The standard InChI is InChI=1S/C31H35NP2/c1-25-9-15-29(16-10-25)33(28-7-5-4-6-8-28)23-21-32-22-24-34(30-17-11-26(2)12-18-30)31-19-13-27(3)14-20-31/h4-20,32H,21-24H2,1-3H3. The minimum Gasteiger partial charge on any atom is -0.316 e. The van der Waals surface area contributed by atoms with Gasteiger partial charge in [0.1, 0.15) is 0 Å². The van der Waals surface area contributed by atoms with E-state index in [4.69, 9.17) is 0 Å². The molecule has 34 heavy (non-hydrogen) atoms. The molecule has 4 aromatic carbocycles. The molecule has 174 valence electrons. The molecular weight excluding hydrogens is 448 g/mol. The Kier molecular flexibility index (Phi) is 9.06. The van der Waals surface area contributed by atoms with Gasteiger partial charge in [-0.05, 0) is 83.2 Å². The Labute approximate surface area is 208 Å². The third-order valence-corrected chi connectivity index (χ3v) is 11.2. The second kappa shape index (κ2) is 12.4. The summed E-state index contributed by atoms with van der Waals surface area (Å²) in [6.07, 6.45) is 2.32. The van der Waals surface area contributed by atoms with Crippen LogP contribution in [0, 0.1) is 20.8 Å². The van der Waals surface area contributed by atoms with Crippen molar-refractivity contribution in [3.63, 3.8) is 0 Å². The highest BCUT2D eigenvalue weighted by Gasteiger charge is 2.15. The fourth-order valence-electron chi connectivity index (χ4n) is 4.10. The first-order valence-electron chi connectivity index (χ1n) is 12.1. The van der Waals surface area contributed by atoms with E-state index >= 15 is 0 Å². The number of hydrogen-bond acceptors (Lipinski definition) is 1. The molecule has 0 fully saturated rings. The van der Waals surface area contributed by atoms with Gasteiger partial charge >= 0.3 is 0 Å². The van der Waals surface area contributed by atoms with E-state index in [1.54, 1.807) is 0 Å². The largest absolute Gasteiger partial charge is 0.316 e. The van der Waals surface area contributed by atoms with Crippen molar-refractivity contribution in [1.82, 2.24) is 5.32 Å². The van der Waals surface area contributed by atoms with Crippen LogP contribution < -0.4 is 26.5 Å². The van der Waals surface area contributed by atoms with Crippen LogP contribution in [-0.2, 0) is 0 Å². The number of aryl methyl sites for hydroxylation is 3. The topological polar surface area (TPSA) is 12.0 Å². The number of nitrogens with one attached hydrogen (secondary N) is 1. The summed E-state index contributed by atoms with van der Waals surface area (Å²) in [5.74, 6) is 0. The van der Waals surface area contributed by atoms with Crippen molar-refractivity contribution in [2.24, 2.45) is 0 Å². The molecule has 0 aliphatic heterocycles. The maximum Gasteiger partial charge on any atom is -0.000332 e. The molecule has 0 saturated heterocycles. The summed E-state index contributed by atoms with van der Waals surface area (Å²) in [7, 11) is -0.704. The van der Waals surface area contributed by atoms with Crippen molar-refractivity contribution in [2.75, 3.05) is 25.4 Å². The molecule has 4 aromatic rings. The quantitative estimate of drug-likeness (QED) is 0.223. The summed E-state index contributed by atoms with van der Waals surface area (Å²) in [6.45, 7) is 8.58. The molecule has 0 saturated carbocycles. The highest BCUT2D eigenvalue weighted by molar-refractivity contribution is 7.73. The second-order valence-corrected chi connectivity index (χ2v) is 13.6. The second-order valence-electron chi connectivity index (χ2n) is 8.90. The first kappa shape index (κ1) is 24.8. The molecular formula is C31H35NP2. The van der Waals surface area contributed by atoms with Crippen LogP contribution in [-0.4, -0.2) is 25.4 Å². The third-order valence-electron chi connectivity index (χ3n) is 6.13. The van der Waals surface area contributed by atoms with Gasteiger partial charge < -0.3 is 5.32 Å².